The van der Waals surface area contributed by atoms with Gasteiger partial charge in [0.25, 0.3) is 0 Å². The maximum Gasteiger partial charge on any atom is 0.234 e. The molecule has 0 bridgehead atoms. The first-order valence-electron chi connectivity index (χ1n) is 7.55. The average molecular weight is 381 g/mol. The van der Waals surface area contributed by atoms with E-state index in [0.717, 1.165) is 16.8 Å². The Hall–Kier alpha value is -2.05. The second-order valence-electron chi connectivity index (χ2n) is 5.54. The van der Waals surface area contributed by atoms with Crippen molar-refractivity contribution >= 4 is 46.6 Å². The molecule has 2 aromatic rings. The molecule has 25 heavy (non-hydrogen) atoms. The SMILES string of the molecule is Cc1ccc(NC(=O)CSCC(=O)Nc2ccc(F)c(Cl)c2)c(C)c1. The van der Waals surface area contributed by atoms with E-state index in [-0.39, 0.29) is 28.3 Å². The van der Waals surface area contributed by atoms with Crippen LogP contribution in [0.1, 0.15) is 11.1 Å². The minimum absolute atomic E-state index is 0.0571. The van der Waals surface area contributed by atoms with Crippen LogP contribution in [0.3, 0.4) is 0 Å². The van der Waals surface area contributed by atoms with E-state index in [9.17, 15) is 14.0 Å². The van der Waals surface area contributed by atoms with E-state index in [1.54, 1.807) is 0 Å². The quantitative estimate of drug-likeness (QED) is 0.780. The molecule has 0 spiro atoms. The summed E-state index contributed by atoms with van der Waals surface area (Å²) >= 11 is 6.85. The molecule has 4 nitrogen and oxygen atoms in total. The van der Waals surface area contributed by atoms with Gasteiger partial charge in [-0.15, -0.1) is 11.8 Å². The molecule has 0 aliphatic heterocycles. The van der Waals surface area contributed by atoms with E-state index in [1.165, 1.54) is 30.0 Å². The Labute approximate surface area is 155 Å². The Morgan fingerprint density at radius 2 is 1.72 bits per heavy atom. The number of amides is 2. The number of nitrogens with one attached hydrogen (secondary N) is 2. The first kappa shape index (κ1) is 19.3. The summed E-state index contributed by atoms with van der Waals surface area (Å²) in [6.07, 6.45) is 0. The number of carbonyl (C=O) groups excluding carboxylic acids is 2. The van der Waals surface area contributed by atoms with Gasteiger partial charge in [-0.2, -0.15) is 0 Å². The van der Waals surface area contributed by atoms with E-state index in [0.29, 0.717) is 5.69 Å². The van der Waals surface area contributed by atoms with Crippen LogP contribution in [0.4, 0.5) is 15.8 Å². The maximum absolute atomic E-state index is 13.1. The molecule has 0 unspecified atom stereocenters. The number of thioether (sulfide) groups is 1. The van der Waals surface area contributed by atoms with Crippen LogP contribution in [0.5, 0.6) is 0 Å². The molecule has 0 aliphatic carbocycles. The van der Waals surface area contributed by atoms with Crippen molar-refractivity contribution in [3.05, 3.63) is 58.4 Å². The fourth-order valence-electron chi connectivity index (χ4n) is 2.15. The maximum atomic E-state index is 13.1. The summed E-state index contributed by atoms with van der Waals surface area (Å²) in [5.74, 6) is -0.737. The largest absolute Gasteiger partial charge is 0.325 e. The smallest absolute Gasteiger partial charge is 0.234 e. The Balaban J connectivity index is 1.76. The summed E-state index contributed by atoms with van der Waals surface area (Å²) in [5.41, 5.74) is 3.30. The van der Waals surface area contributed by atoms with Crippen LogP contribution < -0.4 is 10.6 Å². The Kier molecular flexibility index (Phi) is 6.84. The van der Waals surface area contributed by atoms with Gasteiger partial charge in [0.2, 0.25) is 11.8 Å². The van der Waals surface area contributed by atoms with Gasteiger partial charge >= 0.3 is 0 Å². The lowest BCUT2D eigenvalue weighted by Gasteiger charge is -2.09. The fraction of sp³-hybridized carbons (Fsp3) is 0.222. The van der Waals surface area contributed by atoms with Gasteiger partial charge < -0.3 is 10.6 Å². The van der Waals surface area contributed by atoms with Gasteiger partial charge in [0.1, 0.15) is 5.82 Å². The van der Waals surface area contributed by atoms with Crippen molar-refractivity contribution < 1.29 is 14.0 Å². The predicted octanol–water partition coefficient (Wildman–Crippen LogP) is 4.41. The van der Waals surface area contributed by atoms with Gasteiger partial charge in [-0.3, -0.25) is 9.59 Å². The molecule has 2 N–H and O–H groups in total. The lowest BCUT2D eigenvalue weighted by atomic mass is 10.1. The molecule has 0 saturated heterocycles. The van der Waals surface area contributed by atoms with Crippen molar-refractivity contribution in [3.63, 3.8) is 0 Å². The molecule has 0 fully saturated rings. The van der Waals surface area contributed by atoms with Crippen LogP contribution in [0, 0.1) is 19.7 Å². The third-order valence-corrected chi connectivity index (χ3v) is 4.55. The van der Waals surface area contributed by atoms with Crippen LogP contribution in [0.15, 0.2) is 36.4 Å². The minimum atomic E-state index is -0.544. The van der Waals surface area contributed by atoms with Crippen molar-refractivity contribution in [1.29, 1.82) is 0 Å². The number of hydrogen-bond donors (Lipinski definition) is 2. The molecule has 0 atom stereocenters. The highest BCUT2D eigenvalue weighted by molar-refractivity contribution is 8.00. The molecule has 0 radical (unpaired) electrons. The molecule has 7 heteroatoms. The van der Waals surface area contributed by atoms with E-state index >= 15 is 0 Å². The van der Waals surface area contributed by atoms with Gasteiger partial charge in [-0.1, -0.05) is 29.3 Å². The van der Waals surface area contributed by atoms with Gasteiger partial charge in [-0.05, 0) is 43.7 Å². The molecule has 2 aromatic carbocycles. The zero-order valence-corrected chi connectivity index (χ0v) is 15.4. The van der Waals surface area contributed by atoms with Gasteiger partial charge in [0.05, 0.1) is 16.5 Å². The van der Waals surface area contributed by atoms with Crippen LogP contribution in [-0.4, -0.2) is 23.3 Å². The first-order valence-corrected chi connectivity index (χ1v) is 9.08. The second-order valence-corrected chi connectivity index (χ2v) is 6.93. The van der Waals surface area contributed by atoms with Gasteiger partial charge in [0.15, 0.2) is 0 Å². The van der Waals surface area contributed by atoms with Gasteiger partial charge in [0, 0.05) is 11.4 Å². The zero-order valence-electron chi connectivity index (χ0n) is 13.9. The van der Waals surface area contributed by atoms with E-state index in [2.05, 4.69) is 10.6 Å². The molecule has 2 amide bonds. The topological polar surface area (TPSA) is 58.2 Å². The number of anilines is 2. The van der Waals surface area contributed by atoms with Crippen LogP contribution >= 0.6 is 23.4 Å². The number of benzene rings is 2. The first-order chi connectivity index (χ1) is 11.8. The lowest BCUT2D eigenvalue weighted by molar-refractivity contribution is -0.114. The number of aryl methyl sites for hydroxylation is 2. The zero-order chi connectivity index (χ0) is 18.4. The summed E-state index contributed by atoms with van der Waals surface area (Å²) < 4.78 is 13.1. The molecule has 132 valence electrons. The van der Waals surface area contributed by atoms with Crippen molar-refractivity contribution in [2.75, 3.05) is 22.1 Å². The summed E-state index contributed by atoms with van der Waals surface area (Å²) in [5, 5.41) is 5.37. The number of halogens is 2. The Morgan fingerprint density at radius 1 is 1.04 bits per heavy atom. The van der Waals surface area contributed by atoms with Gasteiger partial charge in [-0.25, -0.2) is 4.39 Å². The van der Waals surface area contributed by atoms with Crippen molar-refractivity contribution in [3.8, 4) is 0 Å². The highest BCUT2D eigenvalue weighted by Crippen LogP contribution is 2.20. The van der Waals surface area contributed by atoms with E-state index in [4.69, 9.17) is 11.6 Å². The average Bonchev–Trinajstić information content (AvgIpc) is 2.54. The Bertz CT molecular complexity index is 799. The second kappa shape index (κ2) is 8.87. The molecule has 2 rings (SSSR count). The summed E-state index contributed by atoms with van der Waals surface area (Å²) in [6, 6.07) is 9.73. The molecule has 0 aliphatic rings. The van der Waals surface area contributed by atoms with Crippen LogP contribution in [0.2, 0.25) is 5.02 Å². The molecular weight excluding hydrogens is 363 g/mol. The Morgan fingerprint density at radius 3 is 2.36 bits per heavy atom. The summed E-state index contributed by atoms with van der Waals surface area (Å²) in [6.45, 7) is 3.92. The third kappa shape index (κ3) is 6.07. The molecule has 0 heterocycles. The van der Waals surface area contributed by atoms with Crippen LogP contribution in [-0.2, 0) is 9.59 Å². The third-order valence-electron chi connectivity index (χ3n) is 3.33. The van der Waals surface area contributed by atoms with Crippen molar-refractivity contribution in [2.45, 2.75) is 13.8 Å². The highest BCUT2D eigenvalue weighted by Gasteiger charge is 2.09. The lowest BCUT2D eigenvalue weighted by Crippen LogP contribution is -2.18. The van der Waals surface area contributed by atoms with Crippen molar-refractivity contribution in [1.82, 2.24) is 0 Å². The monoisotopic (exact) mass is 380 g/mol. The summed E-state index contributed by atoms with van der Waals surface area (Å²) in [7, 11) is 0. The molecular formula is C18H18ClFN2O2S. The normalized spacial score (nSPS) is 10.4. The molecule has 0 aromatic heterocycles. The predicted molar refractivity (Wildman–Crippen MR) is 102 cm³/mol. The molecule has 0 saturated carbocycles. The number of rotatable bonds is 6. The van der Waals surface area contributed by atoms with E-state index < -0.39 is 5.82 Å². The van der Waals surface area contributed by atoms with Crippen LogP contribution in [0.25, 0.3) is 0 Å². The fourth-order valence-corrected chi connectivity index (χ4v) is 2.95. The van der Waals surface area contributed by atoms with Crippen molar-refractivity contribution in [2.24, 2.45) is 0 Å². The summed E-state index contributed by atoms with van der Waals surface area (Å²) in [4.78, 5) is 23.8. The highest BCUT2D eigenvalue weighted by atomic mass is 35.5. The standard InChI is InChI=1S/C18H18ClFN2O2S/c1-11-3-6-16(12(2)7-11)22-18(24)10-25-9-17(23)21-13-4-5-15(20)14(19)8-13/h3-8H,9-10H2,1-2H3,(H,21,23)(H,22,24). The van der Waals surface area contributed by atoms with E-state index in [1.807, 2.05) is 32.0 Å². The number of carbonyl (C=O) groups is 2. The number of hydrogen-bond acceptors (Lipinski definition) is 3. The minimum Gasteiger partial charge on any atom is -0.325 e.